The zero-order valence-corrected chi connectivity index (χ0v) is 9.42. The number of hydrogen-bond donors (Lipinski definition) is 0. The van der Waals surface area contributed by atoms with E-state index < -0.39 is 10.7 Å². The normalized spacial score (nSPS) is 10.1. The van der Waals surface area contributed by atoms with Crippen molar-refractivity contribution in [2.45, 2.75) is 6.92 Å². The van der Waals surface area contributed by atoms with Crippen LogP contribution in [0.2, 0.25) is 0 Å². The molecule has 0 aliphatic rings. The molecule has 0 unspecified atom stereocenters. The molecule has 0 aliphatic carbocycles. The summed E-state index contributed by atoms with van der Waals surface area (Å²) >= 11 is 0. The molecule has 0 radical (unpaired) electrons. The lowest BCUT2D eigenvalue weighted by Gasteiger charge is -2.07. The Morgan fingerprint density at radius 3 is 2.83 bits per heavy atom. The SMILES string of the molecule is Cc1cc(-n2cccc2C#N)c([N+](=O)[O-])cc1F. The molecule has 6 heteroatoms. The quantitative estimate of drug-likeness (QED) is 0.603. The van der Waals surface area contributed by atoms with Crippen molar-refractivity contribution in [3.8, 4) is 11.8 Å². The maximum Gasteiger partial charge on any atom is 0.296 e. The fourth-order valence-electron chi connectivity index (χ4n) is 1.68. The average Bonchev–Trinajstić information content (AvgIpc) is 2.79. The summed E-state index contributed by atoms with van der Waals surface area (Å²) in [6.07, 6.45) is 1.53. The second kappa shape index (κ2) is 4.30. The first-order valence-electron chi connectivity index (χ1n) is 5.07. The highest BCUT2D eigenvalue weighted by molar-refractivity contribution is 5.56. The van der Waals surface area contributed by atoms with E-state index in [0.717, 1.165) is 6.07 Å². The van der Waals surface area contributed by atoms with Crippen molar-refractivity contribution in [1.82, 2.24) is 4.57 Å². The second-order valence-electron chi connectivity index (χ2n) is 3.72. The summed E-state index contributed by atoms with van der Waals surface area (Å²) < 4.78 is 14.7. The molecule has 0 spiro atoms. The lowest BCUT2D eigenvalue weighted by atomic mass is 10.1. The Labute approximate surface area is 102 Å². The lowest BCUT2D eigenvalue weighted by molar-refractivity contribution is -0.384. The van der Waals surface area contributed by atoms with Gasteiger partial charge in [0.05, 0.1) is 11.0 Å². The fraction of sp³-hybridized carbons (Fsp3) is 0.0833. The van der Waals surface area contributed by atoms with Crippen molar-refractivity contribution in [1.29, 1.82) is 5.26 Å². The van der Waals surface area contributed by atoms with Crippen LogP contribution in [0.5, 0.6) is 0 Å². The van der Waals surface area contributed by atoms with Gasteiger partial charge in [0.15, 0.2) is 0 Å². The molecule has 0 N–H and O–H groups in total. The maximum absolute atomic E-state index is 13.4. The van der Waals surface area contributed by atoms with Gasteiger partial charge in [-0.1, -0.05) is 0 Å². The van der Waals surface area contributed by atoms with E-state index in [1.165, 1.54) is 29.8 Å². The first-order valence-corrected chi connectivity index (χ1v) is 5.07. The molecule has 1 aromatic carbocycles. The maximum atomic E-state index is 13.4. The van der Waals surface area contributed by atoms with Gasteiger partial charge in [0, 0.05) is 6.20 Å². The minimum Gasteiger partial charge on any atom is -0.302 e. The summed E-state index contributed by atoms with van der Waals surface area (Å²) in [6.45, 7) is 1.51. The van der Waals surface area contributed by atoms with Crippen LogP contribution in [0.3, 0.4) is 0 Å². The summed E-state index contributed by atoms with van der Waals surface area (Å²) in [5, 5.41) is 19.8. The van der Waals surface area contributed by atoms with Crippen LogP contribution in [0, 0.1) is 34.2 Å². The molecular weight excluding hydrogens is 237 g/mol. The Bertz CT molecular complexity index is 670. The number of hydrogen-bond acceptors (Lipinski definition) is 3. The molecule has 0 aliphatic heterocycles. The molecular formula is C12H8FN3O2. The highest BCUT2D eigenvalue weighted by Gasteiger charge is 2.19. The van der Waals surface area contributed by atoms with Crippen LogP contribution in [0.15, 0.2) is 30.5 Å². The molecule has 90 valence electrons. The fourth-order valence-corrected chi connectivity index (χ4v) is 1.68. The Hall–Kier alpha value is -2.68. The minimum atomic E-state index is -0.668. The number of nitro benzene ring substituents is 1. The summed E-state index contributed by atoms with van der Waals surface area (Å²) in [5.74, 6) is -0.642. The third-order valence-electron chi connectivity index (χ3n) is 2.58. The zero-order valence-electron chi connectivity index (χ0n) is 9.42. The molecule has 0 saturated carbocycles. The van der Waals surface area contributed by atoms with Crippen molar-refractivity contribution in [2.75, 3.05) is 0 Å². The average molecular weight is 245 g/mol. The summed E-state index contributed by atoms with van der Waals surface area (Å²) in [6, 6.07) is 7.27. The largest absolute Gasteiger partial charge is 0.302 e. The number of nitro groups is 1. The molecule has 2 rings (SSSR count). The molecule has 0 atom stereocenters. The van der Waals surface area contributed by atoms with Crippen molar-refractivity contribution in [2.24, 2.45) is 0 Å². The van der Waals surface area contributed by atoms with E-state index in [2.05, 4.69) is 0 Å². The van der Waals surface area contributed by atoms with Gasteiger partial charge in [-0.05, 0) is 30.7 Å². The van der Waals surface area contributed by atoms with Crippen LogP contribution >= 0.6 is 0 Å². The van der Waals surface area contributed by atoms with Gasteiger partial charge in [0.1, 0.15) is 23.3 Å². The first-order chi connectivity index (χ1) is 8.54. The van der Waals surface area contributed by atoms with Gasteiger partial charge in [-0.25, -0.2) is 4.39 Å². The van der Waals surface area contributed by atoms with E-state index in [1.54, 1.807) is 6.07 Å². The third kappa shape index (κ3) is 1.82. The molecule has 0 bridgehead atoms. The van der Waals surface area contributed by atoms with Crippen LogP contribution in [0.4, 0.5) is 10.1 Å². The predicted octanol–water partition coefficient (Wildman–Crippen LogP) is 2.70. The van der Waals surface area contributed by atoms with Crippen LogP contribution in [0.25, 0.3) is 5.69 Å². The topological polar surface area (TPSA) is 71.9 Å². The van der Waals surface area contributed by atoms with Crippen molar-refractivity contribution >= 4 is 5.69 Å². The molecule has 0 amide bonds. The van der Waals surface area contributed by atoms with Crippen molar-refractivity contribution in [3.63, 3.8) is 0 Å². The minimum absolute atomic E-state index is 0.181. The molecule has 0 fully saturated rings. The van der Waals surface area contributed by atoms with E-state index in [9.17, 15) is 14.5 Å². The number of benzene rings is 1. The molecule has 18 heavy (non-hydrogen) atoms. The standard InChI is InChI=1S/C12H8FN3O2/c1-8-5-11(12(16(17)18)6-10(8)13)15-4-2-3-9(15)7-14/h2-6H,1H3. The van der Waals surface area contributed by atoms with E-state index in [-0.39, 0.29) is 22.6 Å². The third-order valence-corrected chi connectivity index (χ3v) is 2.58. The summed E-state index contributed by atoms with van der Waals surface area (Å²) in [4.78, 5) is 10.3. The molecule has 5 nitrogen and oxygen atoms in total. The van der Waals surface area contributed by atoms with Gasteiger partial charge in [-0.3, -0.25) is 10.1 Å². The van der Waals surface area contributed by atoms with E-state index in [0.29, 0.717) is 0 Å². The Balaban J connectivity index is 2.75. The number of aryl methyl sites for hydroxylation is 1. The highest BCUT2D eigenvalue weighted by Crippen LogP contribution is 2.27. The Morgan fingerprint density at radius 2 is 2.22 bits per heavy atom. The van der Waals surface area contributed by atoms with Crippen LogP contribution in [-0.4, -0.2) is 9.49 Å². The number of nitrogens with zero attached hydrogens (tertiary/aromatic N) is 3. The van der Waals surface area contributed by atoms with Gasteiger partial charge >= 0.3 is 0 Å². The monoisotopic (exact) mass is 245 g/mol. The zero-order chi connectivity index (χ0) is 13.3. The number of nitriles is 1. The van der Waals surface area contributed by atoms with Crippen molar-refractivity contribution < 1.29 is 9.31 Å². The number of halogens is 1. The van der Waals surface area contributed by atoms with Crippen LogP contribution in [0.1, 0.15) is 11.3 Å². The van der Waals surface area contributed by atoms with Gasteiger partial charge in [0.25, 0.3) is 5.69 Å². The second-order valence-corrected chi connectivity index (χ2v) is 3.72. The van der Waals surface area contributed by atoms with Crippen molar-refractivity contribution in [3.05, 3.63) is 57.7 Å². The van der Waals surface area contributed by atoms with E-state index >= 15 is 0 Å². The molecule has 1 heterocycles. The Kier molecular flexibility index (Phi) is 2.81. The van der Waals surface area contributed by atoms with Crippen LogP contribution in [-0.2, 0) is 0 Å². The van der Waals surface area contributed by atoms with Crippen LogP contribution < -0.4 is 0 Å². The van der Waals surface area contributed by atoms with Gasteiger partial charge in [0.2, 0.25) is 0 Å². The van der Waals surface area contributed by atoms with Gasteiger partial charge in [-0.15, -0.1) is 0 Å². The lowest BCUT2D eigenvalue weighted by Crippen LogP contribution is -2.03. The number of aromatic nitrogens is 1. The first kappa shape index (κ1) is 11.8. The summed E-state index contributed by atoms with van der Waals surface area (Å²) in [7, 11) is 0. The molecule has 1 aromatic heterocycles. The Morgan fingerprint density at radius 1 is 1.50 bits per heavy atom. The smallest absolute Gasteiger partial charge is 0.296 e. The van der Waals surface area contributed by atoms with E-state index in [1.807, 2.05) is 6.07 Å². The summed E-state index contributed by atoms with van der Waals surface area (Å²) in [5.41, 5.74) is 0.351. The molecule has 0 saturated heterocycles. The van der Waals surface area contributed by atoms with E-state index in [4.69, 9.17) is 5.26 Å². The number of rotatable bonds is 2. The van der Waals surface area contributed by atoms with Gasteiger partial charge in [-0.2, -0.15) is 5.26 Å². The predicted molar refractivity (Wildman–Crippen MR) is 61.8 cm³/mol. The molecule has 2 aromatic rings. The van der Waals surface area contributed by atoms with Gasteiger partial charge < -0.3 is 4.57 Å². The highest BCUT2D eigenvalue weighted by atomic mass is 19.1.